The molecule has 1 aliphatic carbocycles. The molecule has 2 rings (SSSR count). The van der Waals surface area contributed by atoms with Crippen LogP contribution in [-0.4, -0.2) is 6.36 Å². The van der Waals surface area contributed by atoms with Gasteiger partial charge in [-0.1, -0.05) is 12.1 Å². The third kappa shape index (κ3) is 2.28. The molecular formula is C13H12F3NO. The number of nitriles is 1. The van der Waals surface area contributed by atoms with Crippen molar-refractivity contribution < 1.29 is 17.9 Å². The van der Waals surface area contributed by atoms with E-state index >= 15 is 0 Å². The molecule has 5 heteroatoms. The maximum absolute atomic E-state index is 12.1. The van der Waals surface area contributed by atoms with Crippen molar-refractivity contribution in [3.63, 3.8) is 0 Å². The third-order valence-electron chi connectivity index (χ3n) is 3.37. The average Bonchev–Trinajstić information content (AvgIpc) is 2.19. The standard InChI is InChI=1S/C13H12F3NO/c1-9-7-10(12(8-17)5-2-6-12)3-4-11(9)18-13(14,15)16/h3-4,7H,2,5-6H2,1H3. The van der Waals surface area contributed by atoms with Crippen molar-refractivity contribution in [1.29, 1.82) is 5.26 Å². The first kappa shape index (κ1) is 12.7. The summed E-state index contributed by atoms with van der Waals surface area (Å²) in [4.78, 5) is 0. The van der Waals surface area contributed by atoms with E-state index < -0.39 is 11.8 Å². The summed E-state index contributed by atoms with van der Waals surface area (Å²) >= 11 is 0. The Morgan fingerprint density at radius 1 is 1.33 bits per heavy atom. The van der Waals surface area contributed by atoms with Gasteiger partial charge in [0.25, 0.3) is 0 Å². The summed E-state index contributed by atoms with van der Waals surface area (Å²) < 4.78 is 40.3. The molecule has 0 spiro atoms. The van der Waals surface area contributed by atoms with Crippen LogP contribution in [0, 0.1) is 18.3 Å². The number of aryl methyl sites for hydroxylation is 1. The quantitative estimate of drug-likeness (QED) is 0.804. The zero-order chi connectivity index (χ0) is 13.4. The van der Waals surface area contributed by atoms with Crippen LogP contribution < -0.4 is 4.74 Å². The number of hydrogen-bond acceptors (Lipinski definition) is 2. The highest BCUT2D eigenvalue weighted by Gasteiger charge is 2.39. The number of nitrogens with zero attached hydrogens (tertiary/aromatic N) is 1. The Bertz CT molecular complexity index is 498. The van der Waals surface area contributed by atoms with Crippen LogP contribution in [-0.2, 0) is 5.41 Å². The van der Waals surface area contributed by atoms with E-state index in [9.17, 15) is 18.4 Å². The fraction of sp³-hybridized carbons (Fsp3) is 0.462. The minimum Gasteiger partial charge on any atom is -0.406 e. The second-order valence-electron chi connectivity index (χ2n) is 4.58. The lowest BCUT2D eigenvalue weighted by atomic mass is 9.65. The normalized spacial score (nSPS) is 17.7. The van der Waals surface area contributed by atoms with Gasteiger partial charge in [-0.15, -0.1) is 13.2 Å². The molecule has 18 heavy (non-hydrogen) atoms. The molecule has 1 saturated carbocycles. The molecule has 1 aromatic carbocycles. The van der Waals surface area contributed by atoms with Gasteiger partial charge in [0.05, 0.1) is 11.5 Å². The lowest BCUT2D eigenvalue weighted by molar-refractivity contribution is -0.274. The van der Waals surface area contributed by atoms with Crippen LogP contribution in [0.25, 0.3) is 0 Å². The third-order valence-corrected chi connectivity index (χ3v) is 3.37. The summed E-state index contributed by atoms with van der Waals surface area (Å²) in [7, 11) is 0. The topological polar surface area (TPSA) is 33.0 Å². The second-order valence-corrected chi connectivity index (χ2v) is 4.58. The Balaban J connectivity index is 2.28. The van der Waals surface area contributed by atoms with E-state index in [0.29, 0.717) is 5.56 Å². The van der Waals surface area contributed by atoms with Crippen LogP contribution in [0.3, 0.4) is 0 Å². The monoisotopic (exact) mass is 255 g/mol. The number of hydrogen-bond donors (Lipinski definition) is 0. The SMILES string of the molecule is Cc1cc(C2(C#N)CCC2)ccc1OC(F)(F)F. The van der Waals surface area contributed by atoms with Gasteiger partial charge in [-0.25, -0.2) is 0 Å². The predicted octanol–water partition coefficient (Wildman–Crippen LogP) is 3.84. The molecule has 0 aliphatic heterocycles. The van der Waals surface area contributed by atoms with E-state index in [1.165, 1.54) is 6.07 Å². The molecule has 1 aromatic rings. The number of halogens is 3. The molecule has 0 N–H and O–H groups in total. The zero-order valence-corrected chi connectivity index (χ0v) is 9.84. The van der Waals surface area contributed by atoms with Crippen LogP contribution in [0.2, 0.25) is 0 Å². The highest BCUT2D eigenvalue weighted by molar-refractivity contribution is 5.43. The van der Waals surface area contributed by atoms with Gasteiger partial charge < -0.3 is 4.74 Å². The molecule has 0 unspecified atom stereocenters. The van der Waals surface area contributed by atoms with Crippen LogP contribution in [0.1, 0.15) is 30.4 Å². The Labute approximate surface area is 103 Å². The van der Waals surface area contributed by atoms with Gasteiger partial charge in [-0.05, 0) is 43.4 Å². The average molecular weight is 255 g/mol. The Morgan fingerprint density at radius 2 is 2.00 bits per heavy atom. The first-order valence-corrected chi connectivity index (χ1v) is 5.64. The summed E-state index contributed by atoms with van der Waals surface area (Å²) in [6.45, 7) is 1.55. The van der Waals surface area contributed by atoms with Gasteiger partial charge in [0.1, 0.15) is 5.75 Å². The fourth-order valence-corrected chi connectivity index (χ4v) is 2.18. The van der Waals surface area contributed by atoms with Crippen molar-refractivity contribution in [2.24, 2.45) is 0 Å². The van der Waals surface area contributed by atoms with Crippen molar-refractivity contribution in [2.45, 2.75) is 38.0 Å². The van der Waals surface area contributed by atoms with Crippen molar-refractivity contribution >= 4 is 0 Å². The van der Waals surface area contributed by atoms with Crippen molar-refractivity contribution in [1.82, 2.24) is 0 Å². The maximum atomic E-state index is 12.1. The van der Waals surface area contributed by atoms with E-state index in [1.54, 1.807) is 19.1 Å². The van der Waals surface area contributed by atoms with E-state index in [0.717, 1.165) is 24.8 Å². The summed E-state index contributed by atoms with van der Waals surface area (Å²) in [5, 5.41) is 9.18. The van der Waals surface area contributed by atoms with Crippen LogP contribution in [0.15, 0.2) is 18.2 Å². The smallest absolute Gasteiger partial charge is 0.406 e. The summed E-state index contributed by atoms with van der Waals surface area (Å²) in [5.74, 6) is -0.210. The molecule has 0 bridgehead atoms. The number of ether oxygens (including phenoxy) is 1. The molecule has 1 aliphatic rings. The van der Waals surface area contributed by atoms with Crippen LogP contribution in [0.4, 0.5) is 13.2 Å². The molecule has 0 saturated heterocycles. The summed E-state index contributed by atoms with van der Waals surface area (Å²) in [6.07, 6.45) is -2.17. The Hall–Kier alpha value is -1.70. The van der Waals surface area contributed by atoms with E-state index in [1.807, 2.05) is 0 Å². The van der Waals surface area contributed by atoms with Crippen LogP contribution >= 0.6 is 0 Å². The van der Waals surface area contributed by atoms with E-state index in [-0.39, 0.29) is 5.75 Å². The van der Waals surface area contributed by atoms with Gasteiger partial charge in [0.15, 0.2) is 0 Å². The minimum absolute atomic E-state index is 0.210. The molecule has 96 valence electrons. The summed E-state index contributed by atoms with van der Waals surface area (Å²) in [6, 6.07) is 6.72. The first-order valence-electron chi connectivity index (χ1n) is 5.64. The molecule has 1 fully saturated rings. The molecule has 0 atom stereocenters. The lowest BCUT2D eigenvalue weighted by Gasteiger charge is -2.36. The number of benzene rings is 1. The molecule has 0 amide bonds. The van der Waals surface area contributed by atoms with Crippen LogP contribution in [0.5, 0.6) is 5.75 Å². The number of alkyl halides is 3. The van der Waals surface area contributed by atoms with E-state index in [2.05, 4.69) is 10.8 Å². The predicted molar refractivity (Wildman–Crippen MR) is 59.0 cm³/mol. The molecule has 0 heterocycles. The largest absolute Gasteiger partial charge is 0.573 e. The van der Waals surface area contributed by atoms with E-state index in [4.69, 9.17) is 0 Å². The second kappa shape index (κ2) is 4.20. The lowest BCUT2D eigenvalue weighted by Crippen LogP contribution is -2.32. The molecule has 2 nitrogen and oxygen atoms in total. The van der Waals surface area contributed by atoms with Crippen molar-refractivity contribution in [3.05, 3.63) is 29.3 Å². The highest BCUT2D eigenvalue weighted by atomic mass is 19.4. The first-order chi connectivity index (χ1) is 8.36. The maximum Gasteiger partial charge on any atom is 0.573 e. The highest BCUT2D eigenvalue weighted by Crippen LogP contribution is 2.44. The minimum atomic E-state index is -4.68. The molecule has 0 aromatic heterocycles. The van der Waals surface area contributed by atoms with Gasteiger partial charge in [0, 0.05) is 0 Å². The van der Waals surface area contributed by atoms with Gasteiger partial charge in [-0.2, -0.15) is 5.26 Å². The van der Waals surface area contributed by atoms with Crippen molar-refractivity contribution in [2.75, 3.05) is 0 Å². The van der Waals surface area contributed by atoms with Gasteiger partial charge in [0.2, 0.25) is 0 Å². The Morgan fingerprint density at radius 3 is 2.39 bits per heavy atom. The van der Waals surface area contributed by atoms with Crippen molar-refractivity contribution in [3.8, 4) is 11.8 Å². The molecule has 0 radical (unpaired) electrons. The van der Waals surface area contributed by atoms with Gasteiger partial charge >= 0.3 is 6.36 Å². The summed E-state index contributed by atoms with van der Waals surface area (Å²) in [5.41, 5.74) is 0.663. The van der Waals surface area contributed by atoms with Gasteiger partial charge in [-0.3, -0.25) is 0 Å². The number of rotatable bonds is 2. The fourth-order valence-electron chi connectivity index (χ4n) is 2.18. The zero-order valence-electron chi connectivity index (χ0n) is 9.84. The Kier molecular flexibility index (Phi) is 2.97. The molecular weight excluding hydrogens is 243 g/mol.